The lowest BCUT2D eigenvalue weighted by molar-refractivity contribution is -0.142. The zero-order valence-corrected chi connectivity index (χ0v) is 9.35. The zero-order chi connectivity index (χ0) is 11.2. The monoisotopic (exact) mass is 277 g/mol. The van der Waals surface area contributed by atoms with Gasteiger partial charge in [-0.2, -0.15) is 13.2 Å². The molecule has 1 nitrogen and oxygen atoms in total. The maximum Gasteiger partial charge on any atom is 0.432 e. The maximum absolute atomic E-state index is 12.8. The fourth-order valence-corrected chi connectivity index (χ4v) is 2.15. The highest BCUT2D eigenvalue weighted by molar-refractivity contribution is 9.10. The van der Waals surface area contributed by atoms with Gasteiger partial charge in [0.15, 0.2) is 0 Å². The van der Waals surface area contributed by atoms with Gasteiger partial charge < -0.3 is 4.40 Å². The van der Waals surface area contributed by atoms with Crippen LogP contribution in [-0.4, -0.2) is 4.40 Å². The number of hydrogen-bond donors (Lipinski definition) is 0. The van der Waals surface area contributed by atoms with E-state index in [0.29, 0.717) is 9.99 Å². The van der Waals surface area contributed by atoms with E-state index in [1.165, 1.54) is 13.1 Å². The first-order chi connectivity index (χ1) is 6.93. The Morgan fingerprint density at radius 1 is 1.27 bits per heavy atom. The molecule has 0 aliphatic carbocycles. The Balaban J connectivity index is 2.90. The molecule has 5 heteroatoms. The summed E-state index contributed by atoms with van der Waals surface area (Å²) in [5.74, 6) is 0. The molecule has 0 N–H and O–H groups in total. The molecule has 0 amide bonds. The molecule has 0 fully saturated rings. The van der Waals surface area contributed by atoms with Crippen LogP contribution in [0.2, 0.25) is 0 Å². The molecule has 2 heterocycles. The average Bonchev–Trinajstić information content (AvgIpc) is 2.39. The van der Waals surface area contributed by atoms with Gasteiger partial charge in [0.2, 0.25) is 0 Å². The topological polar surface area (TPSA) is 4.41 Å². The molecule has 0 saturated heterocycles. The number of rotatable bonds is 0. The van der Waals surface area contributed by atoms with Crippen LogP contribution in [0.3, 0.4) is 0 Å². The molecule has 0 atom stereocenters. The van der Waals surface area contributed by atoms with Crippen molar-refractivity contribution < 1.29 is 13.2 Å². The molecular formula is C10H7BrF3N. The van der Waals surface area contributed by atoms with Crippen molar-refractivity contribution in [2.45, 2.75) is 13.1 Å². The molecule has 2 rings (SSSR count). The van der Waals surface area contributed by atoms with Gasteiger partial charge in [0.1, 0.15) is 5.69 Å². The fourth-order valence-electron chi connectivity index (χ4n) is 1.64. The third kappa shape index (κ3) is 1.55. The number of alkyl halides is 3. The number of halogens is 4. The SMILES string of the molecule is Cc1c(Br)c2ccccn2c1C(F)(F)F. The van der Waals surface area contributed by atoms with E-state index in [0.717, 1.165) is 4.40 Å². The van der Waals surface area contributed by atoms with Crippen LogP contribution < -0.4 is 0 Å². The minimum absolute atomic E-state index is 0.216. The van der Waals surface area contributed by atoms with Crippen LogP contribution in [0.5, 0.6) is 0 Å². The Kier molecular flexibility index (Phi) is 2.30. The summed E-state index contributed by atoms with van der Waals surface area (Å²) in [5.41, 5.74) is 0.126. The van der Waals surface area contributed by atoms with Crippen molar-refractivity contribution in [3.8, 4) is 0 Å². The van der Waals surface area contributed by atoms with Crippen molar-refractivity contribution in [2.75, 3.05) is 0 Å². The van der Waals surface area contributed by atoms with Crippen molar-refractivity contribution in [1.82, 2.24) is 4.40 Å². The fraction of sp³-hybridized carbons (Fsp3) is 0.200. The van der Waals surface area contributed by atoms with E-state index in [-0.39, 0.29) is 5.56 Å². The number of nitrogens with zero attached hydrogens (tertiary/aromatic N) is 1. The molecule has 0 radical (unpaired) electrons. The van der Waals surface area contributed by atoms with Gasteiger partial charge in [-0.25, -0.2) is 0 Å². The van der Waals surface area contributed by atoms with Crippen LogP contribution in [0.4, 0.5) is 13.2 Å². The Hall–Kier alpha value is -0.970. The predicted molar refractivity (Wildman–Crippen MR) is 54.8 cm³/mol. The van der Waals surface area contributed by atoms with Gasteiger partial charge in [0, 0.05) is 10.7 Å². The van der Waals surface area contributed by atoms with E-state index in [2.05, 4.69) is 15.9 Å². The molecule has 0 spiro atoms. The number of pyridine rings is 1. The summed E-state index contributed by atoms with van der Waals surface area (Å²) >= 11 is 3.17. The lowest BCUT2D eigenvalue weighted by Gasteiger charge is -2.07. The third-order valence-corrected chi connectivity index (χ3v) is 3.28. The Morgan fingerprint density at radius 3 is 2.53 bits per heavy atom. The second kappa shape index (κ2) is 3.27. The van der Waals surface area contributed by atoms with Crippen LogP contribution >= 0.6 is 15.9 Å². The lowest BCUT2D eigenvalue weighted by atomic mass is 10.2. The first-order valence-electron chi connectivity index (χ1n) is 4.25. The second-order valence-corrected chi connectivity index (χ2v) is 4.03. The van der Waals surface area contributed by atoms with E-state index >= 15 is 0 Å². The van der Waals surface area contributed by atoms with Gasteiger partial charge in [-0.05, 0) is 40.5 Å². The average molecular weight is 278 g/mol. The molecule has 0 bridgehead atoms. The zero-order valence-electron chi connectivity index (χ0n) is 7.77. The van der Waals surface area contributed by atoms with E-state index in [4.69, 9.17) is 0 Å². The van der Waals surface area contributed by atoms with Crippen LogP contribution in [0.15, 0.2) is 28.9 Å². The summed E-state index contributed by atoms with van der Waals surface area (Å²) in [4.78, 5) is 0. The second-order valence-electron chi connectivity index (χ2n) is 3.24. The molecule has 0 unspecified atom stereocenters. The first kappa shape index (κ1) is 10.5. The number of hydrogen-bond acceptors (Lipinski definition) is 0. The molecule has 80 valence electrons. The molecule has 0 aliphatic heterocycles. The highest BCUT2D eigenvalue weighted by Gasteiger charge is 2.37. The maximum atomic E-state index is 12.8. The van der Waals surface area contributed by atoms with Gasteiger partial charge in [-0.3, -0.25) is 0 Å². The molecule has 2 aromatic heterocycles. The van der Waals surface area contributed by atoms with Crippen LogP contribution in [-0.2, 0) is 6.18 Å². The van der Waals surface area contributed by atoms with Gasteiger partial charge in [0.05, 0.1) is 5.52 Å². The summed E-state index contributed by atoms with van der Waals surface area (Å²) < 4.78 is 39.9. The quantitative estimate of drug-likeness (QED) is 0.685. The molecule has 2 aromatic rings. The van der Waals surface area contributed by atoms with Gasteiger partial charge in [0.25, 0.3) is 0 Å². The predicted octanol–water partition coefficient (Wildman–Crippen LogP) is 4.03. The summed E-state index contributed by atoms with van der Waals surface area (Å²) in [7, 11) is 0. The van der Waals surface area contributed by atoms with E-state index in [1.54, 1.807) is 18.2 Å². The molecular weight excluding hydrogens is 271 g/mol. The summed E-state index contributed by atoms with van der Waals surface area (Å²) in [5, 5.41) is 0. The van der Waals surface area contributed by atoms with Gasteiger partial charge in [-0.1, -0.05) is 6.07 Å². The largest absolute Gasteiger partial charge is 0.432 e. The summed E-state index contributed by atoms with van der Waals surface area (Å²) in [6.07, 6.45) is -2.92. The Labute approximate surface area is 92.6 Å². The van der Waals surface area contributed by atoms with Crippen molar-refractivity contribution in [3.05, 3.63) is 40.1 Å². The highest BCUT2D eigenvalue weighted by Crippen LogP contribution is 2.38. The first-order valence-corrected chi connectivity index (χ1v) is 5.04. The molecule has 0 aromatic carbocycles. The minimum Gasteiger partial charge on any atom is -0.311 e. The summed E-state index contributed by atoms with van der Waals surface area (Å²) in [6, 6.07) is 4.93. The van der Waals surface area contributed by atoms with E-state index in [9.17, 15) is 13.2 Å². The van der Waals surface area contributed by atoms with Crippen LogP contribution in [0.1, 0.15) is 11.3 Å². The smallest absolute Gasteiger partial charge is 0.311 e. The lowest BCUT2D eigenvalue weighted by Crippen LogP contribution is -2.10. The summed E-state index contributed by atoms with van der Waals surface area (Å²) in [6.45, 7) is 1.46. The Bertz CT molecular complexity index is 513. The van der Waals surface area contributed by atoms with Gasteiger partial charge in [-0.15, -0.1) is 0 Å². The van der Waals surface area contributed by atoms with Crippen molar-refractivity contribution in [3.63, 3.8) is 0 Å². The minimum atomic E-state index is -4.33. The van der Waals surface area contributed by atoms with Crippen molar-refractivity contribution >= 4 is 21.4 Å². The Morgan fingerprint density at radius 2 is 1.93 bits per heavy atom. The number of aromatic nitrogens is 1. The van der Waals surface area contributed by atoms with E-state index < -0.39 is 11.9 Å². The number of fused-ring (bicyclic) bond motifs is 1. The van der Waals surface area contributed by atoms with Crippen molar-refractivity contribution in [1.29, 1.82) is 0 Å². The standard InChI is InChI=1S/C10H7BrF3N/c1-6-8(11)7-4-2-3-5-15(7)9(6)10(12,13)14/h2-5H,1H3. The van der Waals surface area contributed by atoms with Crippen LogP contribution in [0, 0.1) is 6.92 Å². The molecule has 0 aliphatic rings. The normalized spacial score (nSPS) is 12.3. The highest BCUT2D eigenvalue weighted by atomic mass is 79.9. The molecule has 15 heavy (non-hydrogen) atoms. The third-order valence-electron chi connectivity index (χ3n) is 2.28. The van der Waals surface area contributed by atoms with E-state index in [1.807, 2.05) is 0 Å². The van der Waals surface area contributed by atoms with Crippen LogP contribution in [0.25, 0.3) is 5.52 Å². The molecule has 0 saturated carbocycles. The van der Waals surface area contributed by atoms with Gasteiger partial charge >= 0.3 is 6.18 Å². The van der Waals surface area contributed by atoms with Crippen molar-refractivity contribution in [2.24, 2.45) is 0 Å².